The average molecular weight is 302 g/mol. The van der Waals surface area contributed by atoms with Crippen molar-refractivity contribution in [1.82, 2.24) is 15.5 Å². The molecule has 122 valence electrons. The minimum Gasteiger partial charge on any atom is -0.356 e. The molecule has 1 heterocycles. The molecule has 0 aromatic heterocycles. The van der Waals surface area contributed by atoms with Crippen LogP contribution in [-0.2, 0) is 13.0 Å². The van der Waals surface area contributed by atoms with E-state index in [1.807, 2.05) is 7.05 Å². The summed E-state index contributed by atoms with van der Waals surface area (Å²) >= 11 is 0. The van der Waals surface area contributed by atoms with Crippen molar-refractivity contribution >= 4 is 5.96 Å². The predicted octanol–water partition coefficient (Wildman–Crippen LogP) is 2.40. The largest absolute Gasteiger partial charge is 0.356 e. The summed E-state index contributed by atoms with van der Waals surface area (Å²) in [6, 6.07) is 8.82. The van der Waals surface area contributed by atoms with Crippen molar-refractivity contribution in [2.45, 2.75) is 39.2 Å². The Morgan fingerprint density at radius 1 is 1.14 bits per heavy atom. The van der Waals surface area contributed by atoms with Crippen molar-refractivity contribution in [3.05, 3.63) is 35.4 Å². The van der Waals surface area contributed by atoms with E-state index in [1.54, 1.807) is 0 Å². The third kappa shape index (κ3) is 5.34. The second-order valence-corrected chi connectivity index (χ2v) is 5.93. The van der Waals surface area contributed by atoms with E-state index in [1.165, 1.54) is 36.9 Å². The number of benzene rings is 1. The highest BCUT2D eigenvalue weighted by Crippen LogP contribution is 2.18. The molecule has 2 N–H and O–H groups in total. The summed E-state index contributed by atoms with van der Waals surface area (Å²) < 4.78 is 0. The number of fused-ring (bicyclic) bond motifs is 1. The van der Waals surface area contributed by atoms with Gasteiger partial charge in [0.2, 0.25) is 0 Å². The summed E-state index contributed by atoms with van der Waals surface area (Å²) in [5, 5.41) is 6.75. The van der Waals surface area contributed by atoms with Gasteiger partial charge in [0.1, 0.15) is 0 Å². The molecule has 0 spiro atoms. The summed E-state index contributed by atoms with van der Waals surface area (Å²) in [4.78, 5) is 6.81. The number of nitrogens with one attached hydrogen (secondary N) is 2. The van der Waals surface area contributed by atoms with Crippen molar-refractivity contribution in [3.63, 3.8) is 0 Å². The average Bonchev–Trinajstić information content (AvgIpc) is 2.57. The second-order valence-electron chi connectivity index (χ2n) is 5.93. The maximum Gasteiger partial charge on any atom is 0.190 e. The lowest BCUT2D eigenvalue weighted by molar-refractivity contribution is 0.251. The minimum absolute atomic E-state index is 0.928. The second kappa shape index (κ2) is 9.46. The Morgan fingerprint density at radius 3 is 2.59 bits per heavy atom. The number of nitrogens with zero attached hydrogens (tertiary/aromatic N) is 2. The van der Waals surface area contributed by atoms with Crippen LogP contribution in [0.1, 0.15) is 37.3 Å². The molecule has 4 heteroatoms. The lowest BCUT2D eigenvalue weighted by atomic mass is 10.00. The first-order valence-electron chi connectivity index (χ1n) is 8.57. The molecule has 1 aliphatic rings. The molecule has 0 aliphatic carbocycles. The van der Waals surface area contributed by atoms with Crippen LogP contribution in [0.4, 0.5) is 0 Å². The Kier molecular flexibility index (Phi) is 7.23. The van der Waals surface area contributed by atoms with Crippen LogP contribution in [0, 0.1) is 0 Å². The topological polar surface area (TPSA) is 39.7 Å². The van der Waals surface area contributed by atoms with Gasteiger partial charge < -0.3 is 10.6 Å². The fourth-order valence-electron chi connectivity index (χ4n) is 2.86. The Bertz CT molecular complexity index is 470. The predicted molar refractivity (Wildman–Crippen MR) is 94.3 cm³/mol. The molecule has 2 rings (SSSR count). The van der Waals surface area contributed by atoms with Crippen LogP contribution >= 0.6 is 0 Å². The van der Waals surface area contributed by atoms with Gasteiger partial charge in [0.25, 0.3) is 0 Å². The van der Waals surface area contributed by atoms with Crippen molar-refractivity contribution in [3.8, 4) is 0 Å². The third-order valence-electron chi connectivity index (χ3n) is 4.20. The van der Waals surface area contributed by atoms with Crippen molar-refractivity contribution in [1.29, 1.82) is 0 Å². The zero-order valence-corrected chi connectivity index (χ0v) is 14.1. The highest BCUT2D eigenvalue weighted by molar-refractivity contribution is 5.79. The first kappa shape index (κ1) is 16.8. The summed E-state index contributed by atoms with van der Waals surface area (Å²) in [6.45, 7) is 7.60. The SMILES string of the molecule is CCCCNC(=NC)NCCCN1CCc2ccccc2C1. The molecule has 1 aliphatic heterocycles. The van der Waals surface area contributed by atoms with Gasteiger partial charge in [-0.3, -0.25) is 9.89 Å². The summed E-state index contributed by atoms with van der Waals surface area (Å²) in [7, 11) is 1.84. The van der Waals surface area contributed by atoms with E-state index < -0.39 is 0 Å². The van der Waals surface area contributed by atoms with Gasteiger partial charge in [-0.2, -0.15) is 0 Å². The van der Waals surface area contributed by atoms with Crippen LogP contribution in [0.25, 0.3) is 0 Å². The quantitative estimate of drug-likeness (QED) is 0.461. The smallest absolute Gasteiger partial charge is 0.190 e. The molecule has 0 amide bonds. The number of hydrogen-bond acceptors (Lipinski definition) is 2. The van der Waals surface area contributed by atoms with E-state index in [0.717, 1.165) is 38.6 Å². The molecule has 4 nitrogen and oxygen atoms in total. The molecule has 0 fully saturated rings. The van der Waals surface area contributed by atoms with E-state index in [-0.39, 0.29) is 0 Å². The summed E-state index contributed by atoms with van der Waals surface area (Å²) in [6.07, 6.45) is 4.73. The molecule has 1 aromatic rings. The first-order valence-corrected chi connectivity index (χ1v) is 8.57. The fourth-order valence-corrected chi connectivity index (χ4v) is 2.86. The first-order chi connectivity index (χ1) is 10.8. The van der Waals surface area contributed by atoms with E-state index in [4.69, 9.17) is 0 Å². The lowest BCUT2D eigenvalue weighted by Crippen LogP contribution is -2.39. The molecule has 0 bridgehead atoms. The van der Waals surface area contributed by atoms with Crippen LogP contribution in [0.15, 0.2) is 29.3 Å². The molecule has 0 saturated heterocycles. The van der Waals surface area contributed by atoms with Gasteiger partial charge in [0.15, 0.2) is 5.96 Å². The summed E-state index contributed by atoms with van der Waals surface area (Å²) in [5.74, 6) is 0.928. The molecule has 0 saturated carbocycles. The maximum atomic E-state index is 4.25. The molecule has 0 atom stereocenters. The zero-order chi connectivity index (χ0) is 15.6. The van der Waals surface area contributed by atoms with Gasteiger partial charge in [-0.1, -0.05) is 37.6 Å². The van der Waals surface area contributed by atoms with Gasteiger partial charge in [0.05, 0.1) is 0 Å². The number of guanidine groups is 1. The normalized spacial score (nSPS) is 15.5. The third-order valence-corrected chi connectivity index (χ3v) is 4.20. The van der Waals surface area contributed by atoms with Crippen LogP contribution < -0.4 is 10.6 Å². The Morgan fingerprint density at radius 2 is 1.86 bits per heavy atom. The Hall–Kier alpha value is -1.55. The van der Waals surface area contributed by atoms with E-state index >= 15 is 0 Å². The molecule has 1 aromatic carbocycles. The molecule has 0 radical (unpaired) electrons. The Labute approximate surface area is 135 Å². The number of aliphatic imine (C=N–C) groups is 1. The lowest BCUT2D eigenvalue weighted by Gasteiger charge is -2.28. The van der Waals surface area contributed by atoms with Crippen molar-refractivity contribution < 1.29 is 0 Å². The molecular weight excluding hydrogens is 272 g/mol. The summed E-state index contributed by atoms with van der Waals surface area (Å²) in [5.41, 5.74) is 3.02. The van der Waals surface area contributed by atoms with Crippen molar-refractivity contribution in [2.24, 2.45) is 4.99 Å². The monoisotopic (exact) mass is 302 g/mol. The number of rotatable bonds is 7. The van der Waals surface area contributed by atoms with E-state index in [0.29, 0.717) is 0 Å². The number of hydrogen-bond donors (Lipinski definition) is 2. The highest BCUT2D eigenvalue weighted by Gasteiger charge is 2.14. The zero-order valence-electron chi connectivity index (χ0n) is 14.1. The molecule has 22 heavy (non-hydrogen) atoms. The van der Waals surface area contributed by atoms with Crippen LogP contribution in [-0.4, -0.2) is 44.1 Å². The Balaban J connectivity index is 1.63. The van der Waals surface area contributed by atoms with Gasteiger partial charge in [-0.05, 0) is 30.4 Å². The standard InChI is InChI=1S/C18H30N4/c1-3-4-11-20-18(19-2)21-12-7-13-22-14-10-16-8-5-6-9-17(16)15-22/h5-6,8-9H,3-4,7,10-15H2,1-2H3,(H2,19,20,21). The number of unbranched alkanes of at least 4 members (excludes halogenated alkanes) is 1. The maximum absolute atomic E-state index is 4.25. The minimum atomic E-state index is 0.928. The van der Waals surface area contributed by atoms with Gasteiger partial charge in [0, 0.05) is 39.8 Å². The van der Waals surface area contributed by atoms with Crippen LogP contribution in [0.2, 0.25) is 0 Å². The van der Waals surface area contributed by atoms with E-state index in [9.17, 15) is 0 Å². The highest BCUT2D eigenvalue weighted by atomic mass is 15.2. The van der Waals surface area contributed by atoms with Gasteiger partial charge >= 0.3 is 0 Å². The molecule has 0 unspecified atom stereocenters. The molecular formula is C18H30N4. The van der Waals surface area contributed by atoms with Crippen molar-refractivity contribution in [2.75, 3.05) is 33.2 Å². The van der Waals surface area contributed by atoms with Gasteiger partial charge in [-0.15, -0.1) is 0 Å². The van der Waals surface area contributed by atoms with Crippen LogP contribution in [0.5, 0.6) is 0 Å². The van der Waals surface area contributed by atoms with Crippen LogP contribution in [0.3, 0.4) is 0 Å². The van der Waals surface area contributed by atoms with Gasteiger partial charge in [-0.25, -0.2) is 0 Å². The van der Waals surface area contributed by atoms with E-state index in [2.05, 4.69) is 51.7 Å². The fraction of sp³-hybridized carbons (Fsp3) is 0.611.